The summed E-state index contributed by atoms with van der Waals surface area (Å²) >= 11 is 0. The molecule has 2 N–H and O–H groups in total. The van der Waals surface area contributed by atoms with Crippen LogP contribution in [0, 0.1) is 5.82 Å². The number of hydrogen-bond donors (Lipinski definition) is 2. The Kier molecular flexibility index (Phi) is 6.97. The van der Waals surface area contributed by atoms with Crippen molar-refractivity contribution in [3.63, 3.8) is 0 Å². The number of carbonyl (C=O) groups is 3. The molecule has 0 unspecified atom stereocenters. The van der Waals surface area contributed by atoms with Crippen LogP contribution in [0.5, 0.6) is 11.5 Å². The second-order valence-electron chi connectivity index (χ2n) is 7.75. The number of urea groups is 1. The van der Waals surface area contributed by atoms with Crippen molar-refractivity contribution >= 4 is 17.8 Å². The van der Waals surface area contributed by atoms with Crippen LogP contribution in [0.2, 0.25) is 0 Å². The quantitative estimate of drug-likeness (QED) is 0.579. The highest BCUT2D eigenvalue weighted by Gasteiger charge is 2.48. The van der Waals surface area contributed by atoms with Crippen molar-refractivity contribution in [1.29, 1.82) is 0 Å². The molecule has 0 saturated carbocycles. The Morgan fingerprint density at radius 2 is 1.72 bits per heavy atom. The van der Waals surface area contributed by atoms with Gasteiger partial charge in [-0.05, 0) is 48.7 Å². The molecule has 32 heavy (non-hydrogen) atoms. The van der Waals surface area contributed by atoms with E-state index in [-0.39, 0.29) is 18.8 Å². The molecule has 1 saturated heterocycles. The number of nitrogens with zero attached hydrogens (tertiary/aromatic N) is 1. The average Bonchev–Trinajstić information content (AvgIpc) is 2.97. The fourth-order valence-corrected chi connectivity index (χ4v) is 3.61. The number of rotatable bonds is 9. The lowest BCUT2D eigenvalue weighted by Gasteiger charge is -2.22. The minimum absolute atomic E-state index is 0.223. The van der Waals surface area contributed by atoms with Gasteiger partial charge in [-0.25, -0.2) is 9.18 Å². The molecule has 1 aliphatic rings. The highest BCUT2D eigenvalue weighted by molar-refractivity contribution is 6.08. The van der Waals surface area contributed by atoms with Crippen LogP contribution in [-0.2, 0) is 22.4 Å². The molecule has 4 amide bonds. The normalized spacial score (nSPS) is 17.8. The van der Waals surface area contributed by atoms with Crippen molar-refractivity contribution in [2.24, 2.45) is 0 Å². The topological polar surface area (TPSA) is 97.0 Å². The molecular weight excluding hydrogens is 417 g/mol. The second kappa shape index (κ2) is 9.67. The molecule has 3 rings (SSSR count). The summed E-state index contributed by atoms with van der Waals surface area (Å²) in [5.74, 6) is -0.186. The standard InChI is InChI=1S/C23H26FN3O5/c1-23(13-16-6-9-18(31-2)19(12-16)32-3)21(29)27(22(30)26-23)14-20(28)25-11-10-15-4-7-17(24)8-5-15/h4-9,12H,10-11,13-14H2,1-3H3,(H,25,28)(H,26,30)/t23-/m0/s1. The summed E-state index contributed by atoms with van der Waals surface area (Å²) in [6.07, 6.45) is 0.726. The van der Waals surface area contributed by atoms with Gasteiger partial charge < -0.3 is 20.1 Å². The van der Waals surface area contributed by atoms with Crippen LogP contribution in [0.1, 0.15) is 18.1 Å². The number of imide groups is 1. The van der Waals surface area contributed by atoms with Crippen LogP contribution in [0.15, 0.2) is 42.5 Å². The van der Waals surface area contributed by atoms with Crippen LogP contribution < -0.4 is 20.1 Å². The third-order valence-electron chi connectivity index (χ3n) is 5.30. The van der Waals surface area contributed by atoms with Crippen LogP contribution in [0.4, 0.5) is 9.18 Å². The maximum absolute atomic E-state index is 13.0. The van der Waals surface area contributed by atoms with E-state index in [9.17, 15) is 18.8 Å². The van der Waals surface area contributed by atoms with Gasteiger partial charge in [-0.2, -0.15) is 0 Å². The van der Waals surface area contributed by atoms with Crippen molar-refractivity contribution in [3.8, 4) is 11.5 Å². The Hall–Kier alpha value is -3.62. The van der Waals surface area contributed by atoms with Gasteiger partial charge in [-0.15, -0.1) is 0 Å². The minimum atomic E-state index is -1.19. The van der Waals surface area contributed by atoms with Gasteiger partial charge in [0.25, 0.3) is 5.91 Å². The fraction of sp³-hybridized carbons (Fsp3) is 0.348. The van der Waals surface area contributed by atoms with Gasteiger partial charge in [-0.1, -0.05) is 18.2 Å². The Balaban J connectivity index is 1.58. The Morgan fingerprint density at radius 3 is 2.38 bits per heavy atom. The van der Waals surface area contributed by atoms with E-state index in [1.165, 1.54) is 26.4 Å². The zero-order valence-electron chi connectivity index (χ0n) is 18.2. The molecule has 0 bridgehead atoms. The van der Waals surface area contributed by atoms with E-state index >= 15 is 0 Å². The van der Waals surface area contributed by atoms with Gasteiger partial charge in [0, 0.05) is 13.0 Å². The summed E-state index contributed by atoms with van der Waals surface area (Å²) < 4.78 is 23.5. The molecule has 1 fully saturated rings. The highest BCUT2D eigenvalue weighted by atomic mass is 19.1. The van der Waals surface area contributed by atoms with Crippen molar-refractivity contribution < 1.29 is 28.2 Å². The average molecular weight is 443 g/mol. The van der Waals surface area contributed by atoms with Gasteiger partial charge in [-0.3, -0.25) is 14.5 Å². The molecule has 9 heteroatoms. The van der Waals surface area contributed by atoms with Crippen LogP contribution >= 0.6 is 0 Å². The Morgan fingerprint density at radius 1 is 1.06 bits per heavy atom. The molecule has 2 aromatic carbocycles. The monoisotopic (exact) mass is 443 g/mol. The molecule has 0 aromatic heterocycles. The van der Waals surface area contributed by atoms with Crippen molar-refractivity contribution in [3.05, 3.63) is 59.4 Å². The first-order valence-electron chi connectivity index (χ1n) is 10.1. The maximum atomic E-state index is 13.0. The molecule has 0 spiro atoms. The molecule has 0 aliphatic carbocycles. The molecule has 1 aliphatic heterocycles. The predicted octanol–water partition coefficient (Wildman–Crippen LogP) is 2.05. The lowest BCUT2D eigenvalue weighted by atomic mass is 9.92. The van der Waals surface area contributed by atoms with Crippen molar-refractivity contribution in [1.82, 2.24) is 15.5 Å². The van der Waals surface area contributed by atoms with E-state index < -0.39 is 23.4 Å². The zero-order valence-corrected chi connectivity index (χ0v) is 18.2. The number of amides is 4. The van der Waals surface area contributed by atoms with E-state index in [2.05, 4.69) is 10.6 Å². The maximum Gasteiger partial charge on any atom is 0.325 e. The molecular formula is C23H26FN3O5. The first-order valence-corrected chi connectivity index (χ1v) is 10.1. The first kappa shape index (κ1) is 23.1. The number of halogens is 1. The van der Waals surface area contributed by atoms with E-state index in [0.29, 0.717) is 24.5 Å². The summed E-state index contributed by atoms with van der Waals surface area (Å²) in [4.78, 5) is 38.6. The van der Waals surface area contributed by atoms with E-state index in [0.717, 1.165) is 16.0 Å². The zero-order chi connectivity index (χ0) is 23.3. The summed E-state index contributed by atoms with van der Waals surface area (Å²) in [7, 11) is 3.05. The van der Waals surface area contributed by atoms with Gasteiger partial charge in [0.15, 0.2) is 11.5 Å². The number of methoxy groups -OCH3 is 2. The summed E-state index contributed by atoms with van der Waals surface area (Å²) in [6.45, 7) is 1.54. The van der Waals surface area contributed by atoms with E-state index in [1.54, 1.807) is 37.3 Å². The van der Waals surface area contributed by atoms with Crippen molar-refractivity contribution in [2.75, 3.05) is 27.3 Å². The Bertz CT molecular complexity index is 1010. The van der Waals surface area contributed by atoms with E-state index in [4.69, 9.17) is 9.47 Å². The molecule has 0 radical (unpaired) electrons. The lowest BCUT2D eigenvalue weighted by Crippen LogP contribution is -2.47. The fourth-order valence-electron chi connectivity index (χ4n) is 3.61. The number of hydrogen-bond acceptors (Lipinski definition) is 5. The number of carbonyl (C=O) groups excluding carboxylic acids is 3. The van der Waals surface area contributed by atoms with Gasteiger partial charge >= 0.3 is 6.03 Å². The number of nitrogens with one attached hydrogen (secondary N) is 2. The number of ether oxygens (including phenoxy) is 2. The van der Waals surface area contributed by atoms with Crippen LogP contribution in [0.25, 0.3) is 0 Å². The van der Waals surface area contributed by atoms with Gasteiger partial charge in [0.05, 0.1) is 14.2 Å². The third kappa shape index (κ3) is 5.16. The van der Waals surface area contributed by atoms with Gasteiger partial charge in [0.1, 0.15) is 17.9 Å². The molecule has 1 atom stereocenters. The second-order valence-corrected chi connectivity index (χ2v) is 7.75. The first-order chi connectivity index (χ1) is 15.3. The molecule has 1 heterocycles. The smallest absolute Gasteiger partial charge is 0.325 e. The minimum Gasteiger partial charge on any atom is -0.493 e. The molecule has 8 nitrogen and oxygen atoms in total. The van der Waals surface area contributed by atoms with Crippen LogP contribution in [0.3, 0.4) is 0 Å². The highest BCUT2D eigenvalue weighted by Crippen LogP contribution is 2.30. The Labute approximate surface area is 185 Å². The SMILES string of the molecule is COc1ccc(C[C@]2(C)NC(=O)N(CC(=O)NCCc3ccc(F)cc3)C2=O)cc1OC. The summed E-state index contributed by atoms with van der Waals surface area (Å²) in [5, 5.41) is 5.37. The number of benzene rings is 2. The largest absolute Gasteiger partial charge is 0.493 e. The van der Waals surface area contributed by atoms with Crippen LogP contribution in [-0.4, -0.2) is 55.6 Å². The molecule has 170 valence electrons. The third-order valence-corrected chi connectivity index (χ3v) is 5.30. The summed E-state index contributed by atoms with van der Waals surface area (Å²) in [6, 6.07) is 10.6. The lowest BCUT2D eigenvalue weighted by molar-refractivity contribution is -0.134. The summed E-state index contributed by atoms with van der Waals surface area (Å²) in [5.41, 5.74) is 0.444. The molecule has 2 aromatic rings. The van der Waals surface area contributed by atoms with Crippen molar-refractivity contribution in [2.45, 2.75) is 25.3 Å². The van der Waals surface area contributed by atoms with E-state index in [1.807, 2.05) is 0 Å². The predicted molar refractivity (Wildman–Crippen MR) is 115 cm³/mol. The van der Waals surface area contributed by atoms with Gasteiger partial charge in [0.2, 0.25) is 5.91 Å².